The SMILES string of the molecule is CCCNc1cnccc1C(=O)NCC1CCCCC1. The van der Waals surface area contributed by atoms with Crippen molar-refractivity contribution in [3.05, 3.63) is 24.0 Å². The third-order valence-electron chi connectivity index (χ3n) is 3.91. The lowest BCUT2D eigenvalue weighted by Gasteiger charge is -2.22. The van der Waals surface area contributed by atoms with Gasteiger partial charge in [-0.1, -0.05) is 26.2 Å². The maximum Gasteiger partial charge on any atom is 0.253 e. The molecule has 110 valence electrons. The Balaban J connectivity index is 1.90. The zero-order chi connectivity index (χ0) is 14.2. The van der Waals surface area contributed by atoms with Gasteiger partial charge in [0.25, 0.3) is 5.91 Å². The quantitative estimate of drug-likeness (QED) is 0.838. The third kappa shape index (κ3) is 4.22. The molecule has 2 rings (SSSR count). The van der Waals surface area contributed by atoms with Crippen molar-refractivity contribution < 1.29 is 4.79 Å². The summed E-state index contributed by atoms with van der Waals surface area (Å²) in [6.45, 7) is 3.76. The van der Waals surface area contributed by atoms with E-state index >= 15 is 0 Å². The number of nitrogens with zero attached hydrogens (tertiary/aromatic N) is 1. The van der Waals surface area contributed by atoms with Crippen LogP contribution in [0.1, 0.15) is 55.8 Å². The van der Waals surface area contributed by atoms with E-state index in [1.165, 1.54) is 32.1 Å². The van der Waals surface area contributed by atoms with Gasteiger partial charge in [-0.15, -0.1) is 0 Å². The van der Waals surface area contributed by atoms with Gasteiger partial charge in [-0.2, -0.15) is 0 Å². The topological polar surface area (TPSA) is 54.0 Å². The molecule has 1 aliphatic carbocycles. The summed E-state index contributed by atoms with van der Waals surface area (Å²) in [6.07, 6.45) is 10.9. The molecule has 0 aromatic carbocycles. The molecule has 1 aromatic rings. The number of hydrogen-bond donors (Lipinski definition) is 2. The zero-order valence-corrected chi connectivity index (χ0v) is 12.3. The Kier molecular flexibility index (Phi) is 5.84. The van der Waals surface area contributed by atoms with Crippen LogP contribution >= 0.6 is 0 Å². The maximum atomic E-state index is 12.3. The first kappa shape index (κ1) is 14.8. The van der Waals surface area contributed by atoms with Crippen LogP contribution in [0.4, 0.5) is 5.69 Å². The fourth-order valence-electron chi connectivity index (χ4n) is 2.72. The lowest BCUT2D eigenvalue weighted by Crippen LogP contribution is -2.30. The molecule has 0 atom stereocenters. The normalized spacial score (nSPS) is 15.8. The van der Waals surface area contributed by atoms with Gasteiger partial charge in [0.1, 0.15) is 0 Å². The van der Waals surface area contributed by atoms with Gasteiger partial charge in [-0.05, 0) is 31.2 Å². The second-order valence-electron chi connectivity index (χ2n) is 5.56. The van der Waals surface area contributed by atoms with Crippen molar-refractivity contribution in [2.75, 3.05) is 18.4 Å². The van der Waals surface area contributed by atoms with Gasteiger partial charge in [0, 0.05) is 19.3 Å². The minimum absolute atomic E-state index is 0.0107. The predicted octanol–water partition coefficient (Wildman–Crippen LogP) is 3.21. The lowest BCUT2D eigenvalue weighted by molar-refractivity contribution is 0.0944. The van der Waals surface area contributed by atoms with Crippen LogP contribution in [0, 0.1) is 5.92 Å². The van der Waals surface area contributed by atoms with Crippen molar-refractivity contribution in [3.8, 4) is 0 Å². The van der Waals surface area contributed by atoms with Gasteiger partial charge in [0.2, 0.25) is 0 Å². The summed E-state index contributed by atoms with van der Waals surface area (Å²) < 4.78 is 0. The largest absolute Gasteiger partial charge is 0.383 e. The Labute approximate surface area is 121 Å². The van der Waals surface area contributed by atoms with Crippen molar-refractivity contribution in [2.45, 2.75) is 45.4 Å². The summed E-state index contributed by atoms with van der Waals surface area (Å²) in [4.78, 5) is 16.4. The summed E-state index contributed by atoms with van der Waals surface area (Å²) >= 11 is 0. The van der Waals surface area contributed by atoms with Gasteiger partial charge in [0.05, 0.1) is 17.4 Å². The first-order chi connectivity index (χ1) is 9.81. The first-order valence-corrected chi connectivity index (χ1v) is 7.77. The van der Waals surface area contributed by atoms with Crippen molar-refractivity contribution in [1.82, 2.24) is 10.3 Å². The molecule has 0 aliphatic heterocycles. The molecular formula is C16H25N3O. The third-order valence-corrected chi connectivity index (χ3v) is 3.91. The molecule has 1 heterocycles. The van der Waals surface area contributed by atoms with Crippen LogP contribution in [0.2, 0.25) is 0 Å². The van der Waals surface area contributed by atoms with E-state index in [1.807, 2.05) is 0 Å². The number of aromatic nitrogens is 1. The number of carbonyl (C=O) groups is 1. The second kappa shape index (κ2) is 7.88. The molecule has 2 N–H and O–H groups in total. The maximum absolute atomic E-state index is 12.3. The van der Waals surface area contributed by atoms with Gasteiger partial charge in [-0.25, -0.2) is 0 Å². The van der Waals surface area contributed by atoms with E-state index in [-0.39, 0.29) is 5.91 Å². The number of nitrogens with one attached hydrogen (secondary N) is 2. The van der Waals surface area contributed by atoms with E-state index in [1.54, 1.807) is 18.5 Å². The number of hydrogen-bond acceptors (Lipinski definition) is 3. The van der Waals surface area contributed by atoms with Crippen molar-refractivity contribution >= 4 is 11.6 Å². The predicted molar refractivity (Wildman–Crippen MR) is 81.9 cm³/mol. The van der Waals surface area contributed by atoms with E-state index in [0.717, 1.165) is 25.2 Å². The van der Waals surface area contributed by atoms with E-state index in [9.17, 15) is 4.79 Å². The lowest BCUT2D eigenvalue weighted by atomic mass is 9.89. The Morgan fingerprint density at radius 2 is 2.15 bits per heavy atom. The zero-order valence-electron chi connectivity index (χ0n) is 12.3. The standard InChI is InChI=1S/C16H25N3O/c1-2-9-18-15-12-17-10-8-14(15)16(20)19-11-13-6-4-3-5-7-13/h8,10,12-13,18H,2-7,9,11H2,1H3,(H,19,20). The molecule has 1 amide bonds. The van der Waals surface area contributed by atoms with Crippen molar-refractivity contribution in [3.63, 3.8) is 0 Å². The minimum atomic E-state index is 0.0107. The molecule has 1 aliphatic rings. The molecular weight excluding hydrogens is 250 g/mol. The molecule has 0 bridgehead atoms. The van der Waals surface area contributed by atoms with Crippen LogP contribution in [0.15, 0.2) is 18.5 Å². The van der Waals surface area contributed by atoms with E-state index in [0.29, 0.717) is 11.5 Å². The number of rotatable bonds is 6. The summed E-state index contributed by atoms with van der Waals surface area (Å²) in [5.74, 6) is 0.665. The number of carbonyl (C=O) groups excluding carboxylic acids is 1. The second-order valence-corrected chi connectivity index (χ2v) is 5.56. The van der Waals surface area contributed by atoms with E-state index in [2.05, 4.69) is 22.5 Å². The molecule has 1 fully saturated rings. The minimum Gasteiger partial charge on any atom is -0.383 e. The number of pyridine rings is 1. The Hall–Kier alpha value is -1.58. The molecule has 1 saturated carbocycles. The average molecular weight is 275 g/mol. The smallest absolute Gasteiger partial charge is 0.253 e. The Bertz CT molecular complexity index is 427. The summed E-state index contributed by atoms with van der Waals surface area (Å²) in [5, 5.41) is 6.34. The van der Waals surface area contributed by atoms with E-state index in [4.69, 9.17) is 0 Å². The Morgan fingerprint density at radius 1 is 1.35 bits per heavy atom. The number of amides is 1. The fourth-order valence-corrected chi connectivity index (χ4v) is 2.72. The van der Waals surface area contributed by atoms with Gasteiger partial charge in [0.15, 0.2) is 0 Å². The van der Waals surface area contributed by atoms with Crippen molar-refractivity contribution in [1.29, 1.82) is 0 Å². The Morgan fingerprint density at radius 3 is 2.90 bits per heavy atom. The van der Waals surface area contributed by atoms with Gasteiger partial charge < -0.3 is 10.6 Å². The summed E-state index contributed by atoms with van der Waals surface area (Å²) in [6, 6.07) is 1.79. The van der Waals surface area contributed by atoms with Crippen LogP contribution in [0.25, 0.3) is 0 Å². The fraction of sp³-hybridized carbons (Fsp3) is 0.625. The molecule has 0 radical (unpaired) electrons. The number of anilines is 1. The molecule has 4 nitrogen and oxygen atoms in total. The molecule has 0 spiro atoms. The summed E-state index contributed by atoms with van der Waals surface area (Å²) in [5.41, 5.74) is 1.53. The highest BCUT2D eigenvalue weighted by molar-refractivity contribution is 5.99. The highest BCUT2D eigenvalue weighted by atomic mass is 16.1. The summed E-state index contributed by atoms with van der Waals surface area (Å²) in [7, 11) is 0. The molecule has 0 saturated heterocycles. The van der Waals surface area contributed by atoms with Crippen LogP contribution in [-0.2, 0) is 0 Å². The molecule has 20 heavy (non-hydrogen) atoms. The molecule has 0 unspecified atom stereocenters. The first-order valence-electron chi connectivity index (χ1n) is 7.77. The van der Waals surface area contributed by atoms with Crippen LogP contribution in [-0.4, -0.2) is 24.0 Å². The van der Waals surface area contributed by atoms with Crippen LogP contribution < -0.4 is 10.6 Å². The van der Waals surface area contributed by atoms with E-state index < -0.39 is 0 Å². The molecule has 4 heteroatoms. The highest BCUT2D eigenvalue weighted by Crippen LogP contribution is 2.23. The highest BCUT2D eigenvalue weighted by Gasteiger charge is 2.16. The monoisotopic (exact) mass is 275 g/mol. The molecule has 1 aromatic heterocycles. The van der Waals surface area contributed by atoms with Gasteiger partial charge >= 0.3 is 0 Å². The van der Waals surface area contributed by atoms with Gasteiger partial charge in [-0.3, -0.25) is 9.78 Å². The van der Waals surface area contributed by atoms with Crippen LogP contribution in [0.3, 0.4) is 0 Å². The average Bonchev–Trinajstić information content (AvgIpc) is 2.52. The van der Waals surface area contributed by atoms with Crippen LogP contribution in [0.5, 0.6) is 0 Å². The van der Waals surface area contributed by atoms with Crippen molar-refractivity contribution in [2.24, 2.45) is 5.92 Å².